The molecule has 1 aromatic heterocycles. The molecule has 6 heteroatoms. The van der Waals surface area contributed by atoms with Crippen molar-refractivity contribution in [2.45, 2.75) is 38.8 Å². The van der Waals surface area contributed by atoms with E-state index in [-0.39, 0.29) is 18.1 Å². The zero-order valence-electron chi connectivity index (χ0n) is 16.2. The SMILES string of the molecule is Cc1ccc2nc(-c3ccc(NC(=O)C(C)N4CCCC(O)C4)cc3)sc2c1. The number of hydrogen-bond acceptors (Lipinski definition) is 5. The van der Waals surface area contributed by atoms with Crippen LogP contribution in [0, 0.1) is 6.92 Å². The van der Waals surface area contributed by atoms with E-state index in [0.29, 0.717) is 6.54 Å². The smallest absolute Gasteiger partial charge is 0.241 e. The Bertz CT molecular complexity index is 983. The average molecular weight is 396 g/mol. The van der Waals surface area contributed by atoms with Crippen LogP contribution < -0.4 is 5.32 Å². The predicted molar refractivity (Wildman–Crippen MR) is 115 cm³/mol. The summed E-state index contributed by atoms with van der Waals surface area (Å²) in [4.78, 5) is 19.3. The number of nitrogens with one attached hydrogen (secondary N) is 1. The highest BCUT2D eigenvalue weighted by atomic mass is 32.1. The Hall–Kier alpha value is -2.28. The van der Waals surface area contributed by atoms with Crippen LogP contribution >= 0.6 is 11.3 Å². The van der Waals surface area contributed by atoms with Crippen LogP contribution in [0.3, 0.4) is 0 Å². The predicted octanol–water partition coefficient (Wildman–Crippen LogP) is 4.06. The zero-order chi connectivity index (χ0) is 19.7. The molecule has 1 fully saturated rings. The topological polar surface area (TPSA) is 65.5 Å². The number of piperidine rings is 1. The third-order valence-corrected chi connectivity index (χ3v) is 6.37. The molecule has 2 heterocycles. The highest BCUT2D eigenvalue weighted by molar-refractivity contribution is 7.21. The van der Waals surface area contributed by atoms with Gasteiger partial charge in [-0.3, -0.25) is 9.69 Å². The number of likely N-dealkylation sites (tertiary alicyclic amines) is 1. The van der Waals surface area contributed by atoms with Crippen molar-refractivity contribution in [3.8, 4) is 10.6 Å². The molecule has 2 aromatic carbocycles. The lowest BCUT2D eigenvalue weighted by atomic mass is 10.1. The fourth-order valence-electron chi connectivity index (χ4n) is 3.60. The fraction of sp³-hybridized carbons (Fsp3) is 0.364. The molecule has 0 spiro atoms. The second kappa shape index (κ2) is 7.99. The minimum atomic E-state index is -0.333. The Balaban J connectivity index is 1.44. The van der Waals surface area contributed by atoms with Gasteiger partial charge in [-0.05, 0) is 75.2 Å². The summed E-state index contributed by atoms with van der Waals surface area (Å²) in [6, 6.07) is 13.9. The summed E-state index contributed by atoms with van der Waals surface area (Å²) in [6.07, 6.45) is 1.41. The van der Waals surface area contributed by atoms with Crippen LogP contribution in [0.4, 0.5) is 5.69 Å². The van der Waals surface area contributed by atoms with E-state index in [0.717, 1.165) is 41.2 Å². The summed E-state index contributed by atoms with van der Waals surface area (Å²) in [6.45, 7) is 5.39. The number of nitrogens with zero attached hydrogens (tertiary/aromatic N) is 2. The number of aliphatic hydroxyl groups excluding tert-OH is 1. The van der Waals surface area contributed by atoms with Gasteiger partial charge in [-0.25, -0.2) is 4.98 Å². The molecule has 2 N–H and O–H groups in total. The molecule has 0 bridgehead atoms. The van der Waals surface area contributed by atoms with Gasteiger partial charge in [-0.2, -0.15) is 0 Å². The molecule has 1 aliphatic rings. The van der Waals surface area contributed by atoms with E-state index in [1.807, 2.05) is 36.1 Å². The lowest BCUT2D eigenvalue weighted by molar-refractivity contribution is -0.121. The maximum absolute atomic E-state index is 12.6. The summed E-state index contributed by atoms with van der Waals surface area (Å²) >= 11 is 1.68. The first kappa shape index (κ1) is 19.1. The van der Waals surface area contributed by atoms with Crippen molar-refractivity contribution in [3.63, 3.8) is 0 Å². The van der Waals surface area contributed by atoms with Gasteiger partial charge in [0.1, 0.15) is 5.01 Å². The minimum Gasteiger partial charge on any atom is -0.392 e. The van der Waals surface area contributed by atoms with Gasteiger partial charge in [-0.1, -0.05) is 6.07 Å². The van der Waals surface area contributed by atoms with Gasteiger partial charge in [0.15, 0.2) is 0 Å². The van der Waals surface area contributed by atoms with E-state index in [4.69, 9.17) is 4.98 Å². The number of amides is 1. The van der Waals surface area contributed by atoms with E-state index in [1.54, 1.807) is 11.3 Å². The van der Waals surface area contributed by atoms with Crippen molar-refractivity contribution in [1.29, 1.82) is 0 Å². The number of thiazole rings is 1. The number of aliphatic hydroxyl groups is 1. The minimum absolute atomic E-state index is 0.0442. The van der Waals surface area contributed by atoms with Gasteiger partial charge < -0.3 is 10.4 Å². The molecule has 1 saturated heterocycles. The molecular weight excluding hydrogens is 370 g/mol. The van der Waals surface area contributed by atoms with E-state index < -0.39 is 0 Å². The summed E-state index contributed by atoms with van der Waals surface area (Å²) < 4.78 is 1.19. The Morgan fingerprint density at radius 2 is 2.07 bits per heavy atom. The molecule has 2 atom stereocenters. The maximum Gasteiger partial charge on any atom is 0.241 e. The van der Waals surface area contributed by atoms with Gasteiger partial charge in [0.05, 0.1) is 22.4 Å². The number of anilines is 1. The quantitative estimate of drug-likeness (QED) is 0.699. The Labute approximate surface area is 169 Å². The molecule has 28 heavy (non-hydrogen) atoms. The van der Waals surface area contributed by atoms with Crippen LogP contribution in [-0.4, -0.2) is 46.1 Å². The monoisotopic (exact) mass is 395 g/mol. The highest BCUT2D eigenvalue weighted by Gasteiger charge is 2.26. The summed E-state index contributed by atoms with van der Waals surface area (Å²) in [7, 11) is 0. The van der Waals surface area contributed by atoms with Crippen LogP contribution in [0.25, 0.3) is 20.8 Å². The summed E-state index contributed by atoms with van der Waals surface area (Å²) in [5.41, 5.74) is 4.07. The maximum atomic E-state index is 12.6. The lowest BCUT2D eigenvalue weighted by Gasteiger charge is -2.33. The summed E-state index contributed by atoms with van der Waals surface area (Å²) in [5.74, 6) is -0.0442. The fourth-order valence-corrected chi connectivity index (χ4v) is 4.67. The first-order chi connectivity index (χ1) is 13.5. The number of benzene rings is 2. The third-order valence-electron chi connectivity index (χ3n) is 5.30. The number of aryl methyl sites for hydroxylation is 1. The molecule has 0 saturated carbocycles. The molecule has 0 radical (unpaired) electrons. The van der Waals surface area contributed by atoms with Crippen LogP contribution in [0.5, 0.6) is 0 Å². The van der Waals surface area contributed by atoms with E-state index in [1.165, 1.54) is 10.3 Å². The molecule has 1 amide bonds. The molecule has 3 aromatic rings. The Morgan fingerprint density at radius 3 is 2.82 bits per heavy atom. The van der Waals surface area contributed by atoms with Crippen molar-refractivity contribution in [2.24, 2.45) is 0 Å². The van der Waals surface area contributed by atoms with E-state index >= 15 is 0 Å². The Kier molecular flexibility index (Phi) is 5.44. The third kappa shape index (κ3) is 4.09. The van der Waals surface area contributed by atoms with Crippen LogP contribution in [-0.2, 0) is 4.79 Å². The van der Waals surface area contributed by atoms with E-state index in [2.05, 4.69) is 30.4 Å². The number of β-amino-alcohol motifs (C(OH)–C–C–N with tert-alkyl or cyclic N) is 1. The summed E-state index contributed by atoms with van der Waals surface area (Å²) in [5, 5.41) is 13.8. The molecule has 146 valence electrons. The highest BCUT2D eigenvalue weighted by Crippen LogP contribution is 2.31. The molecular formula is C22H25N3O2S. The molecule has 5 nitrogen and oxygen atoms in total. The van der Waals surface area contributed by atoms with E-state index in [9.17, 15) is 9.90 Å². The first-order valence-corrected chi connectivity index (χ1v) is 10.5. The number of carbonyl (C=O) groups excluding carboxylic acids is 1. The molecule has 0 aliphatic carbocycles. The van der Waals surface area contributed by atoms with Crippen LogP contribution in [0.2, 0.25) is 0 Å². The molecule has 2 unspecified atom stereocenters. The zero-order valence-corrected chi connectivity index (χ0v) is 17.0. The second-order valence-corrected chi connectivity index (χ2v) is 8.55. The number of fused-ring (bicyclic) bond motifs is 1. The molecule has 1 aliphatic heterocycles. The van der Waals surface area contributed by atoms with Crippen molar-refractivity contribution in [1.82, 2.24) is 9.88 Å². The lowest BCUT2D eigenvalue weighted by Crippen LogP contribution is -2.48. The normalized spacial score (nSPS) is 18.9. The van der Waals surface area contributed by atoms with Gasteiger partial charge >= 0.3 is 0 Å². The number of carbonyl (C=O) groups is 1. The number of hydrogen-bond donors (Lipinski definition) is 2. The van der Waals surface area contributed by atoms with Gasteiger partial charge in [-0.15, -0.1) is 11.3 Å². The van der Waals surface area contributed by atoms with Crippen molar-refractivity contribution < 1.29 is 9.90 Å². The average Bonchev–Trinajstić information content (AvgIpc) is 3.11. The second-order valence-electron chi connectivity index (χ2n) is 7.52. The standard InChI is InChI=1S/C22H25N3O2S/c1-14-5-10-19-20(12-14)28-22(24-19)16-6-8-17(9-7-16)23-21(27)15(2)25-11-3-4-18(26)13-25/h5-10,12,15,18,26H,3-4,11,13H2,1-2H3,(H,23,27). The number of aromatic nitrogens is 1. The van der Waals surface area contributed by atoms with Crippen molar-refractivity contribution >= 4 is 33.1 Å². The van der Waals surface area contributed by atoms with Gasteiger partial charge in [0, 0.05) is 17.8 Å². The van der Waals surface area contributed by atoms with Crippen molar-refractivity contribution in [2.75, 3.05) is 18.4 Å². The number of rotatable bonds is 4. The van der Waals surface area contributed by atoms with Crippen molar-refractivity contribution in [3.05, 3.63) is 48.0 Å². The van der Waals surface area contributed by atoms with Crippen LogP contribution in [0.15, 0.2) is 42.5 Å². The Morgan fingerprint density at radius 1 is 1.29 bits per heavy atom. The van der Waals surface area contributed by atoms with Gasteiger partial charge in [0.25, 0.3) is 0 Å². The molecule has 4 rings (SSSR count). The first-order valence-electron chi connectivity index (χ1n) is 9.70. The largest absolute Gasteiger partial charge is 0.392 e. The van der Waals surface area contributed by atoms with Crippen LogP contribution in [0.1, 0.15) is 25.3 Å². The van der Waals surface area contributed by atoms with Gasteiger partial charge in [0.2, 0.25) is 5.91 Å².